The lowest BCUT2D eigenvalue weighted by Gasteiger charge is -2.23. The number of nitrogens with two attached hydrogens (primary N) is 1. The number of fused-ring (bicyclic) bond motifs is 2. The van der Waals surface area contributed by atoms with Crippen molar-refractivity contribution in [2.24, 2.45) is 16.6 Å². The molecule has 4 atom stereocenters. The summed E-state index contributed by atoms with van der Waals surface area (Å²) in [6.45, 7) is 0.508. The summed E-state index contributed by atoms with van der Waals surface area (Å²) >= 11 is 1.50. The molecule has 1 aromatic carbocycles. The Morgan fingerprint density at radius 3 is 2.60 bits per heavy atom. The molecule has 1 aliphatic carbocycles. The maximum absolute atomic E-state index is 10.1. The number of nitrogens with zero attached hydrogens (tertiary/aromatic N) is 2. The molecule has 1 aromatic rings. The molecule has 0 unspecified atom stereocenters. The second-order valence-electron chi connectivity index (χ2n) is 6.24. The van der Waals surface area contributed by atoms with Gasteiger partial charge in [0.2, 0.25) is 0 Å². The Morgan fingerprint density at radius 2 is 2.04 bits per heavy atom. The van der Waals surface area contributed by atoms with Crippen molar-refractivity contribution in [3.05, 3.63) is 23.8 Å². The summed E-state index contributed by atoms with van der Waals surface area (Å²) in [6, 6.07) is 10.1. The van der Waals surface area contributed by atoms with Crippen molar-refractivity contribution in [2.45, 2.75) is 11.0 Å². The van der Waals surface area contributed by atoms with E-state index in [0.717, 1.165) is 11.3 Å². The molecule has 0 aromatic heterocycles. The van der Waals surface area contributed by atoms with E-state index in [4.69, 9.17) is 19.9 Å². The van der Waals surface area contributed by atoms with Crippen LogP contribution >= 0.6 is 11.8 Å². The van der Waals surface area contributed by atoms with Crippen molar-refractivity contribution in [1.82, 2.24) is 0 Å². The number of hydrogen-bond acceptors (Lipinski definition) is 7. The predicted octanol–water partition coefficient (Wildman–Crippen LogP) is -0.310. The van der Waals surface area contributed by atoms with Crippen LogP contribution in [0.2, 0.25) is 0 Å². The third-order valence-electron chi connectivity index (χ3n) is 5.44. The molecule has 4 rings (SSSR count). The van der Waals surface area contributed by atoms with Crippen LogP contribution in [0.5, 0.6) is 11.5 Å². The molecule has 1 spiro atoms. The fraction of sp³-hybridized carbons (Fsp3) is 0.471. The van der Waals surface area contributed by atoms with Crippen LogP contribution in [0.3, 0.4) is 0 Å². The molecule has 2 heterocycles. The summed E-state index contributed by atoms with van der Waals surface area (Å²) in [5.74, 6) is 1.77. The summed E-state index contributed by atoms with van der Waals surface area (Å²) in [5, 5.41) is 19.1. The van der Waals surface area contributed by atoms with Crippen molar-refractivity contribution in [3.63, 3.8) is 0 Å². The lowest BCUT2D eigenvalue weighted by molar-refractivity contribution is -0.583. The third-order valence-corrected chi connectivity index (χ3v) is 6.75. The Morgan fingerprint density at radius 1 is 1.28 bits per heavy atom. The Hall–Kier alpha value is -2.42. The molecule has 128 valence electrons. The van der Waals surface area contributed by atoms with Crippen molar-refractivity contribution < 1.29 is 19.2 Å². The normalized spacial score (nSPS) is 37.8. The zero-order valence-corrected chi connectivity index (χ0v) is 14.6. The number of ether oxygens (including phenoxy) is 3. The fourth-order valence-corrected chi connectivity index (χ4v) is 5.71. The van der Waals surface area contributed by atoms with Gasteiger partial charge in [-0.15, -0.1) is 0 Å². The van der Waals surface area contributed by atoms with Gasteiger partial charge in [0.1, 0.15) is 0 Å². The molecule has 0 bridgehead atoms. The Bertz CT molecular complexity index is 868. The van der Waals surface area contributed by atoms with Gasteiger partial charge in [-0.05, 0) is 17.7 Å². The largest absolute Gasteiger partial charge is 0.493 e. The Balaban J connectivity index is 1.89. The van der Waals surface area contributed by atoms with Crippen molar-refractivity contribution >= 4 is 17.6 Å². The van der Waals surface area contributed by atoms with Crippen molar-refractivity contribution in [3.8, 4) is 23.6 Å². The summed E-state index contributed by atoms with van der Waals surface area (Å²) in [4.78, 5) is 3.10. The first-order valence-corrected chi connectivity index (χ1v) is 8.79. The van der Waals surface area contributed by atoms with Crippen LogP contribution in [0.15, 0.2) is 18.2 Å². The molecular weight excluding hydrogens is 340 g/mol. The molecule has 7 nitrogen and oxygen atoms in total. The smallest absolute Gasteiger partial charge is 0.277 e. The van der Waals surface area contributed by atoms with E-state index in [1.165, 1.54) is 11.8 Å². The van der Waals surface area contributed by atoms with E-state index in [1.807, 2.05) is 6.07 Å². The maximum Gasteiger partial charge on any atom is 0.277 e. The molecule has 1 saturated carbocycles. The zero-order chi connectivity index (χ0) is 17.9. The van der Waals surface area contributed by atoms with Crippen LogP contribution in [0.25, 0.3) is 0 Å². The summed E-state index contributed by atoms with van der Waals surface area (Å²) in [7, 11) is 3.11. The number of methoxy groups -OCH3 is 2. The molecule has 2 fully saturated rings. The fourth-order valence-electron chi connectivity index (χ4n) is 4.35. The first kappa shape index (κ1) is 16.1. The highest BCUT2D eigenvalue weighted by Gasteiger charge is 2.96. The number of nitriles is 2. The second kappa shape index (κ2) is 5.04. The predicted molar refractivity (Wildman–Crippen MR) is 89.7 cm³/mol. The Kier molecular flexibility index (Phi) is 3.24. The molecular formula is C17H17N4O3S+. The summed E-state index contributed by atoms with van der Waals surface area (Å²) < 4.78 is 16.6. The van der Waals surface area contributed by atoms with Gasteiger partial charge >= 0.3 is 0 Å². The van der Waals surface area contributed by atoms with E-state index in [9.17, 15) is 10.5 Å². The summed E-state index contributed by atoms with van der Waals surface area (Å²) in [6.07, 6.45) is 0. The molecule has 1 saturated heterocycles. The van der Waals surface area contributed by atoms with Gasteiger partial charge in [-0.25, -0.2) is 4.99 Å². The van der Waals surface area contributed by atoms with Gasteiger partial charge in [0.15, 0.2) is 22.3 Å². The van der Waals surface area contributed by atoms with E-state index < -0.39 is 21.8 Å². The van der Waals surface area contributed by atoms with Crippen molar-refractivity contribution in [1.29, 1.82) is 10.5 Å². The number of nitrogens with one attached hydrogen (secondary N) is 1. The number of amidine groups is 1. The minimum atomic E-state index is -1.13. The molecule has 0 radical (unpaired) electrons. The molecule has 0 amide bonds. The van der Waals surface area contributed by atoms with Crippen LogP contribution in [-0.2, 0) is 4.74 Å². The molecule has 25 heavy (non-hydrogen) atoms. The van der Waals surface area contributed by atoms with Crippen LogP contribution < -0.4 is 20.2 Å². The zero-order valence-electron chi connectivity index (χ0n) is 13.8. The molecule has 3 aliphatic rings. The van der Waals surface area contributed by atoms with Gasteiger partial charge < -0.3 is 14.2 Å². The highest BCUT2D eigenvalue weighted by Crippen LogP contribution is 2.80. The van der Waals surface area contributed by atoms with Crippen molar-refractivity contribution in [2.75, 3.05) is 26.6 Å². The topological polar surface area (TPSA) is 115 Å². The standard InChI is InChI=1S/C17H16N4O3S/c1-22-11-4-3-10(7-12(11)23-2)13-15(8-18)14(20)21-17(16(13,15)9-19)24-5-6-25-17/h3-4,7,13H,5-6H2,1-2H3,(H2,20,21)/p+1/t13-,15+,16+,17+/m0/s1. The molecule has 8 heteroatoms. The van der Waals surface area contributed by atoms with Crippen LogP contribution in [0.4, 0.5) is 0 Å². The maximum atomic E-state index is 10.1. The van der Waals surface area contributed by atoms with E-state index in [0.29, 0.717) is 23.9 Å². The van der Waals surface area contributed by atoms with E-state index >= 15 is 0 Å². The van der Waals surface area contributed by atoms with Gasteiger partial charge in [-0.2, -0.15) is 10.5 Å². The third kappa shape index (κ3) is 1.57. The second-order valence-corrected chi connectivity index (χ2v) is 7.51. The minimum Gasteiger partial charge on any atom is -0.493 e. The first-order valence-electron chi connectivity index (χ1n) is 7.80. The quantitative estimate of drug-likeness (QED) is 0.762. The minimum absolute atomic E-state index is 0.297. The average Bonchev–Trinajstić information content (AvgIpc) is 2.89. The van der Waals surface area contributed by atoms with Gasteiger partial charge in [0, 0.05) is 11.7 Å². The monoisotopic (exact) mass is 357 g/mol. The number of benzene rings is 1. The van der Waals surface area contributed by atoms with E-state index in [1.54, 1.807) is 26.4 Å². The number of thioether (sulfide) groups is 1. The summed E-state index contributed by atoms with van der Waals surface area (Å²) in [5.41, 5.74) is 4.81. The van der Waals surface area contributed by atoms with Crippen LogP contribution in [-0.4, -0.2) is 37.5 Å². The van der Waals surface area contributed by atoms with Crippen LogP contribution in [0, 0.1) is 33.5 Å². The van der Waals surface area contributed by atoms with Crippen LogP contribution in [0.1, 0.15) is 11.5 Å². The first-order chi connectivity index (χ1) is 12.1. The van der Waals surface area contributed by atoms with Gasteiger partial charge in [-0.1, -0.05) is 17.8 Å². The van der Waals surface area contributed by atoms with Gasteiger partial charge in [0.05, 0.1) is 33.0 Å². The number of hydrogen-bond donors (Lipinski definition) is 2. The highest BCUT2D eigenvalue weighted by atomic mass is 32.2. The molecule has 2 aliphatic heterocycles. The number of rotatable bonds is 3. The highest BCUT2D eigenvalue weighted by molar-refractivity contribution is 8.00. The lowest BCUT2D eigenvalue weighted by atomic mass is 9.95. The van der Waals surface area contributed by atoms with Gasteiger partial charge in [-0.3, -0.25) is 5.73 Å². The molecule has 3 N–H and O–H groups in total. The van der Waals surface area contributed by atoms with E-state index in [2.05, 4.69) is 17.1 Å². The Labute approximate surface area is 149 Å². The van der Waals surface area contributed by atoms with Gasteiger partial charge in [0.25, 0.3) is 10.9 Å². The average molecular weight is 357 g/mol. The lowest BCUT2D eigenvalue weighted by Crippen LogP contribution is -2.88. The SMILES string of the molecule is COc1ccc([C@@H]2[C@@]3(C#N)[C@@]4([NH+]=C(N)[C@@]23C#N)OCCS4)cc1OC. The van der Waals surface area contributed by atoms with E-state index in [-0.39, 0.29) is 0 Å².